The predicted octanol–water partition coefficient (Wildman–Crippen LogP) is -0.304. The second kappa shape index (κ2) is 4.69. The summed E-state index contributed by atoms with van der Waals surface area (Å²) in [5, 5.41) is 33.9. The number of hydrogen-bond acceptors (Lipinski definition) is 6. The van der Waals surface area contributed by atoms with Crippen molar-refractivity contribution in [1.29, 1.82) is 0 Å². The first kappa shape index (κ1) is 12.8. The highest BCUT2D eigenvalue weighted by Gasteiger charge is 2.44. The lowest BCUT2D eigenvalue weighted by molar-refractivity contribution is -0.0566. The normalized spacial score (nSPS) is 31.2. The predicted molar refractivity (Wildman–Crippen MR) is 65.5 cm³/mol. The lowest BCUT2D eigenvalue weighted by atomic mass is 10.1. The van der Waals surface area contributed by atoms with Crippen molar-refractivity contribution in [2.75, 3.05) is 6.61 Å². The number of halogens is 1. The summed E-state index contributed by atoms with van der Waals surface area (Å²) in [6.45, 7) is -0.387. The van der Waals surface area contributed by atoms with E-state index in [2.05, 4.69) is 10.1 Å². The molecule has 0 radical (unpaired) electrons. The topological polar surface area (TPSA) is 101 Å². The minimum atomic E-state index is -1.19. The molecule has 2 aromatic heterocycles. The summed E-state index contributed by atoms with van der Waals surface area (Å²) in [5.74, 6) is 0. The smallest absolute Gasteiger partial charge is 0.181 e. The monoisotopic (exact) mass is 285 g/mol. The number of pyridine rings is 1. The molecule has 1 aliphatic rings. The molecule has 3 N–H and O–H groups in total. The largest absolute Gasteiger partial charge is 0.394 e. The van der Waals surface area contributed by atoms with E-state index in [1.165, 1.54) is 17.1 Å². The highest BCUT2D eigenvalue weighted by Crippen LogP contribution is 2.32. The van der Waals surface area contributed by atoms with E-state index in [4.69, 9.17) is 21.4 Å². The van der Waals surface area contributed by atoms with Gasteiger partial charge in [0.2, 0.25) is 0 Å². The fourth-order valence-electron chi connectivity index (χ4n) is 2.18. The van der Waals surface area contributed by atoms with Gasteiger partial charge in [-0.3, -0.25) is 0 Å². The van der Waals surface area contributed by atoms with Crippen LogP contribution in [-0.4, -0.2) is 55.0 Å². The van der Waals surface area contributed by atoms with Crippen LogP contribution in [0.4, 0.5) is 0 Å². The van der Waals surface area contributed by atoms with Gasteiger partial charge < -0.3 is 20.1 Å². The number of nitrogens with zero attached hydrogens (tertiary/aromatic N) is 3. The highest BCUT2D eigenvalue weighted by molar-refractivity contribution is 6.35. The molecule has 0 aromatic carbocycles. The van der Waals surface area contributed by atoms with Crippen molar-refractivity contribution < 1.29 is 20.1 Å². The third-order valence-electron chi connectivity index (χ3n) is 3.20. The van der Waals surface area contributed by atoms with E-state index in [1.54, 1.807) is 6.07 Å². The lowest BCUT2D eigenvalue weighted by Gasteiger charge is -2.15. The van der Waals surface area contributed by atoms with Gasteiger partial charge in [-0.25, -0.2) is 9.67 Å². The molecule has 0 aliphatic carbocycles. The van der Waals surface area contributed by atoms with E-state index >= 15 is 0 Å². The molecule has 0 saturated carbocycles. The summed E-state index contributed by atoms with van der Waals surface area (Å²) in [6.07, 6.45) is -1.09. The summed E-state index contributed by atoms with van der Waals surface area (Å²) < 4.78 is 6.75. The molecule has 102 valence electrons. The Morgan fingerprint density at radius 3 is 2.84 bits per heavy atom. The first-order valence-electron chi connectivity index (χ1n) is 5.73. The minimum Gasteiger partial charge on any atom is -0.394 e. The van der Waals surface area contributed by atoms with Gasteiger partial charge in [0, 0.05) is 6.20 Å². The highest BCUT2D eigenvalue weighted by atomic mass is 35.5. The number of ether oxygens (including phenoxy) is 1. The van der Waals surface area contributed by atoms with Gasteiger partial charge in [-0.2, -0.15) is 5.10 Å². The van der Waals surface area contributed by atoms with Gasteiger partial charge in [-0.1, -0.05) is 11.6 Å². The molecule has 8 heteroatoms. The summed E-state index contributed by atoms with van der Waals surface area (Å²) in [5.41, 5.74) is 0.447. The molecule has 1 fully saturated rings. The van der Waals surface area contributed by atoms with E-state index in [0.29, 0.717) is 16.1 Å². The molecule has 19 heavy (non-hydrogen) atoms. The van der Waals surface area contributed by atoms with E-state index in [-0.39, 0.29) is 6.61 Å². The van der Waals surface area contributed by atoms with Crippen LogP contribution in [0.25, 0.3) is 11.0 Å². The maximum Gasteiger partial charge on any atom is 0.181 e. The average Bonchev–Trinajstić information content (AvgIpc) is 2.94. The standard InChI is InChI=1S/C11H12ClN3O4/c12-6-1-2-13-10-5(6)3-14-15(10)11-9(18)8(17)7(4-16)19-11/h1-3,7-9,11,16-18H,4H2/t7-,8-,9-,11-/m1/s1. The molecule has 7 nitrogen and oxygen atoms in total. The van der Waals surface area contributed by atoms with Crippen molar-refractivity contribution in [2.24, 2.45) is 0 Å². The van der Waals surface area contributed by atoms with E-state index in [1.807, 2.05) is 0 Å². The molecule has 2 aromatic rings. The van der Waals surface area contributed by atoms with Crippen molar-refractivity contribution in [1.82, 2.24) is 14.8 Å². The SMILES string of the molecule is OC[C@H]1O[C@@H](n2ncc3c(Cl)ccnc32)[C@H](O)[C@@H]1O. The van der Waals surface area contributed by atoms with Crippen LogP contribution >= 0.6 is 11.6 Å². The van der Waals surface area contributed by atoms with E-state index < -0.39 is 24.5 Å². The molecule has 3 rings (SSSR count). The van der Waals surface area contributed by atoms with Crippen LogP contribution in [0.2, 0.25) is 5.02 Å². The summed E-state index contributed by atoms with van der Waals surface area (Å²) in [4.78, 5) is 4.14. The maximum atomic E-state index is 9.95. The molecule has 0 unspecified atom stereocenters. The quantitative estimate of drug-likeness (QED) is 0.700. The van der Waals surface area contributed by atoms with Gasteiger partial charge >= 0.3 is 0 Å². The van der Waals surface area contributed by atoms with Crippen LogP contribution < -0.4 is 0 Å². The zero-order chi connectivity index (χ0) is 13.6. The van der Waals surface area contributed by atoms with Gasteiger partial charge in [0.15, 0.2) is 11.9 Å². The fourth-order valence-corrected chi connectivity index (χ4v) is 2.37. The summed E-state index contributed by atoms with van der Waals surface area (Å²) >= 11 is 6.01. The number of fused-ring (bicyclic) bond motifs is 1. The number of hydrogen-bond donors (Lipinski definition) is 3. The molecular weight excluding hydrogens is 274 g/mol. The molecule has 1 saturated heterocycles. The van der Waals surface area contributed by atoms with Crippen molar-refractivity contribution in [3.8, 4) is 0 Å². The molecule has 0 amide bonds. The van der Waals surface area contributed by atoms with Gasteiger partial charge in [0.05, 0.1) is 23.2 Å². The second-order valence-electron chi connectivity index (χ2n) is 4.35. The van der Waals surface area contributed by atoms with Crippen molar-refractivity contribution in [3.63, 3.8) is 0 Å². The fraction of sp³-hybridized carbons (Fsp3) is 0.455. The maximum absolute atomic E-state index is 9.95. The summed E-state index contributed by atoms with van der Waals surface area (Å²) in [7, 11) is 0. The minimum absolute atomic E-state index is 0.387. The van der Waals surface area contributed by atoms with Gasteiger partial charge in [0.25, 0.3) is 0 Å². The van der Waals surface area contributed by atoms with Crippen LogP contribution in [0, 0.1) is 0 Å². The van der Waals surface area contributed by atoms with E-state index in [0.717, 1.165) is 0 Å². The van der Waals surface area contributed by atoms with Gasteiger partial charge in [0.1, 0.15) is 18.3 Å². The van der Waals surface area contributed by atoms with Crippen LogP contribution in [-0.2, 0) is 4.74 Å². The molecule has 0 bridgehead atoms. The van der Waals surface area contributed by atoms with Crippen LogP contribution in [0.15, 0.2) is 18.5 Å². The zero-order valence-corrected chi connectivity index (χ0v) is 10.5. The van der Waals surface area contributed by atoms with Gasteiger partial charge in [-0.15, -0.1) is 0 Å². The number of aromatic nitrogens is 3. The summed E-state index contributed by atoms with van der Waals surface area (Å²) in [6, 6.07) is 1.63. The van der Waals surface area contributed by atoms with Crippen LogP contribution in [0.5, 0.6) is 0 Å². The Morgan fingerprint density at radius 2 is 2.16 bits per heavy atom. The average molecular weight is 286 g/mol. The molecule has 0 spiro atoms. The Bertz CT molecular complexity index is 605. The van der Waals surface area contributed by atoms with Crippen molar-refractivity contribution in [3.05, 3.63) is 23.5 Å². The third-order valence-corrected chi connectivity index (χ3v) is 3.53. The molecule has 3 heterocycles. The number of aliphatic hydroxyl groups is 3. The number of aliphatic hydroxyl groups excluding tert-OH is 3. The van der Waals surface area contributed by atoms with Gasteiger partial charge in [-0.05, 0) is 6.07 Å². The molecular formula is C11H12ClN3O4. The van der Waals surface area contributed by atoms with Crippen LogP contribution in [0.3, 0.4) is 0 Å². The Hall–Kier alpha value is -1.25. The Kier molecular flexibility index (Phi) is 3.15. The number of rotatable bonds is 2. The Balaban J connectivity index is 2.04. The van der Waals surface area contributed by atoms with Crippen LogP contribution in [0.1, 0.15) is 6.23 Å². The lowest BCUT2D eigenvalue weighted by Crippen LogP contribution is -2.33. The third kappa shape index (κ3) is 1.90. The molecule has 1 aliphatic heterocycles. The zero-order valence-electron chi connectivity index (χ0n) is 9.72. The van der Waals surface area contributed by atoms with Crippen molar-refractivity contribution in [2.45, 2.75) is 24.5 Å². The Labute approximate surface area is 113 Å². The first-order valence-corrected chi connectivity index (χ1v) is 6.11. The Morgan fingerprint density at radius 1 is 1.37 bits per heavy atom. The van der Waals surface area contributed by atoms with Crippen molar-refractivity contribution >= 4 is 22.6 Å². The first-order chi connectivity index (χ1) is 9.13. The van der Waals surface area contributed by atoms with E-state index in [9.17, 15) is 10.2 Å². The second-order valence-corrected chi connectivity index (χ2v) is 4.76. The molecule has 4 atom stereocenters.